The molecular formula is C24H22N2O3. The number of nitrogens with one attached hydrogen (secondary N) is 1. The Morgan fingerprint density at radius 1 is 0.931 bits per heavy atom. The number of fused-ring (bicyclic) bond motifs is 1. The molecule has 29 heavy (non-hydrogen) atoms. The molecule has 0 aliphatic rings. The molecule has 4 aromatic rings. The fourth-order valence-electron chi connectivity index (χ4n) is 2.94. The zero-order chi connectivity index (χ0) is 20.1. The number of phenolic OH excluding ortho intramolecular Hbond substituents is 1. The average Bonchev–Trinajstić information content (AvgIpc) is 2.78. The molecule has 0 fully saturated rings. The fourth-order valence-corrected chi connectivity index (χ4v) is 2.94. The normalized spacial score (nSPS) is 10.7. The lowest BCUT2D eigenvalue weighted by Gasteiger charge is -2.12. The van der Waals surface area contributed by atoms with Gasteiger partial charge in [0.25, 0.3) is 0 Å². The molecule has 0 aliphatic carbocycles. The first kappa shape index (κ1) is 18.6. The highest BCUT2D eigenvalue weighted by Crippen LogP contribution is 2.30. The van der Waals surface area contributed by atoms with Crippen LogP contribution < -0.4 is 15.1 Å². The Balaban J connectivity index is 1.41. The molecule has 0 atom stereocenters. The van der Waals surface area contributed by atoms with Gasteiger partial charge in [0.2, 0.25) is 0 Å². The summed E-state index contributed by atoms with van der Waals surface area (Å²) in [5.41, 5.74) is 6.50. The molecule has 0 aliphatic heterocycles. The predicted molar refractivity (Wildman–Crippen MR) is 114 cm³/mol. The smallest absolute Gasteiger partial charge is 0.163 e. The summed E-state index contributed by atoms with van der Waals surface area (Å²) in [6, 6.07) is 24.7. The largest absolute Gasteiger partial charge is 0.504 e. The summed E-state index contributed by atoms with van der Waals surface area (Å²) >= 11 is 0. The van der Waals surface area contributed by atoms with Gasteiger partial charge in [-0.3, -0.25) is 0 Å². The van der Waals surface area contributed by atoms with Crippen molar-refractivity contribution in [1.29, 1.82) is 0 Å². The number of hydrogen-bond acceptors (Lipinski definition) is 5. The van der Waals surface area contributed by atoms with Crippen LogP contribution in [0.15, 0.2) is 78.9 Å². The number of pyridine rings is 1. The Bertz CT molecular complexity index is 1110. The first-order chi connectivity index (χ1) is 14.2. The summed E-state index contributed by atoms with van der Waals surface area (Å²) in [5.74, 6) is 1.12. The first-order valence-electron chi connectivity index (χ1n) is 9.53. The molecule has 1 heterocycles. The third-order valence-corrected chi connectivity index (χ3v) is 4.61. The number of aromatic hydroxyl groups is 1. The molecular weight excluding hydrogens is 364 g/mol. The van der Waals surface area contributed by atoms with Crippen molar-refractivity contribution in [2.24, 2.45) is 0 Å². The van der Waals surface area contributed by atoms with Gasteiger partial charge in [0, 0.05) is 11.5 Å². The minimum Gasteiger partial charge on any atom is -0.504 e. The van der Waals surface area contributed by atoms with E-state index >= 15 is 0 Å². The van der Waals surface area contributed by atoms with Crippen LogP contribution in [0.4, 0.5) is 5.69 Å². The number of benzene rings is 3. The summed E-state index contributed by atoms with van der Waals surface area (Å²) in [5, 5.41) is 11.2. The van der Waals surface area contributed by atoms with E-state index in [4.69, 9.17) is 9.57 Å². The highest BCUT2D eigenvalue weighted by molar-refractivity contribution is 5.78. The third kappa shape index (κ3) is 4.58. The molecule has 0 amide bonds. The van der Waals surface area contributed by atoms with Gasteiger partial charge in [-0.15, -0.1) is 0 Å². The van der Waals surface area contributed by atoms with Gasteiger partial charge in [-0.25, -0.2) is 10.5 Å². The molecule has 1 aromatic heterocycles. The lowest BCUT2D eigenvalue weighted by atomic mass is 10.2. The number of ether oxygens (including phenoxy) is 1. The second kappa shape index (κ2) is 8.52. The third-order valence-electron chi connectivity index (χ3n) is 4.61. The van der Waals surface area contributed by atoms with E-state index in [0.29, 0.717) is 17.2 Å². The molecule has 146 valence electrons. The minimum absolute atomic E-state index is 0.0589. The lowest BCUT2D eigenvalue weighted by molar-refractivity contribution is 0.285. The van der Waals surface area contributed by atoms with Crippen molar-refractivity contribution in [3.8, 4) is 17.2 Å². The summed E-state index contributed by atoms with van der Waals surface area (Å²) in [4.78, 5) is 10.2. The molecule has 0 saturated carbocycles. The SMILES string of the molecule is CCc1ccc(ONc2ccc(O)c(OCc3ccc4ccccc4n3)c2)cc1. The van der Waals surface area contributed by atoms with Crippen LogP contribution in [0, 0.1) is 0 Å². The van der Waals surface area contributed by atoms with E-state index in [-0.39, 0.29) is 12.4 Å². The number of nitrogens with zero attached hydrogens (tertiary/aromatic N) is 1. The number of aryl methyl sites for hydroxylation is 1. The first-order valence-corrected chi connectivity index (χ1v) is 9.53. The van der Waals surface area contributed by atoms with Gasteiger partial charge in [-0.2, -0.15) is 0 Å². The van der Waals surface area contributed by atoms with Crippen molar-refractivity contribution in [1.82, 2.24) is 4.98 Å². The number of phenols is 1. The van der Waals surface area contributed by atoms with Gasteiger partial charge in [-0.1, -0.05) is 43.3 Å². The van der Waals surface area contributed by atoms with Crippen molar-refractivity contribution < 1.29 is 14.7 Å². The number of hydrogen-bond donors (Lipinski definition) is 2. The van der Waals surface area contributed by atoms with Crippen LogP contribution in [0.5, 0.6) is 17.2 Å². The van der Waals surface area contributed by atoms with Gasteiger partial charge < -0.3 is 14.7 Å². The molecule has 0 unspecified atom stereocenters. The maximum atomic E-state index is 10.1. The van der Waals surface area contributed by atoms with E-state index in [0.717, 1.165) is 23.0 Å². The maximum Gasteiger partial charge on any atom is 0.163 e. The number of anilines is 1. The monoisotopic (exact) mass is 386 g/mol. The van der Waals surface area contributed by atoms with Gasteiger partial charge in [0.05, 0.1) is 16.9 Å². The highest BCUT2D eigenvalue weighted by atomic mass is 16.6. The van der Waals surface area contributed by atoms with E-state index in [1.807, 2.05) is 60.7 Å². The van der Waals surface area contributed by atoms with Crippen LogP contribution in [0.1, 0.15) is 18.2 Å². The standard InChI is InChI=1S/C24H22N2O3/c1-2-17-7-12-21(13-8-17)29-26-19-11-14-23(27)24(15-19)28-16-20-10-9-18-5-3-4-6-22(18)25-20/h3-15,26-27H,2,16H2,1H3. The molecule has 4 rings (SSSR count). The Hall–Kier alpha value is -3.73. The molecule has 2 N–H and O–H groups in total. The van der Waals surface area contributed by atoms with Crippen LogP contribution in [0.3, 0.4) is 0 Å². The van der Waals surface area contributed by atoms with Crippen molar-refractivity contribution in [3.05, 3.63) is 90.1 Å². The van der Waals surface area contributed by atoms with Gasteiger partial charge in [0.1, 0.15) is 6.61 Å². The summed E-state index contributed by atoms with van der Waals surface area (Å²) in [6.07, 6.45) is 0.985. The van der Waals surface area contributed by atoms with E-state index in [1.54, 1.807) is 18.2 Å². The Labute approximate surface area is 169 Å². The molecule has 0 saturated heterocycles. The van der Waals surface area contributed by atoms with Gasteiger partial charge in [0.15, 0.2) is 17.2 Å². The van der Waals surface area contributed by atoms with Crippen molar-refractivity contribution in [2.75, 3.05) is 5.48 Å². The number of rotatable bonds is 7. The van der Waals surface area contributed by atoms with Gasteiger partial charge in [-0.05, 0) is 48.4 Å². The molecule has 0 spiro atoms. The van der Waals surface area contributed by atoms with E-state index in [1.165, 1.54) is 5.56 Å². The zero-order valence-corrected chi connectivity index (χ0v) is 16.1. The Morgan fingerprint density at radius 3 is 2.59 bits per heavy atom. The van der Waals surface area contributed by atoms with Crippen molar-refractivity contribution in [3.63, 3.8) is 0 Å². The molecule has 3 aromatic carbocycles. The van der Waals surface area contributed by atoms with Crippen LogP contribution in [-0.2, 0) is 13.0 Å². The molecule has 5 nitrogen and oxygen atoms in total. The Kier molecular flexibility index (Phi) is 5.47. The van der Waals surface area contributed by atoms with Gasteiger partial charge >= 0.3 is 0 Å². The second-order valence-corrected chi connectivity index (χ2v) is 6.67. The van der Waals surface area contributed by atoms with Crippen LogP contribution in [0.2, 0.25) is 0 Å². The Morgan fingerprint density at radius 2 is 1.76 bits per heavy atom. The van der Waals surface area contributed by atoms with Crippen molar-refractivity contribution in [2.45, 2.75) is 20.0 Å². The summed E-state index contributed by atoms with van der Waals surface area (Å²) < 4.78 is 5.79. The molecule has 5 heteroatoms. The van der Waals surface area contributed by atoms with Crippen LogP contribution in [-0.4, -0.2) is 10.1 Å². The molecule has 0 bridgehead atoms. The highest BCUT2D eigenvalue weighted by Gasteiger charge is 2.07. The minimum atomic E-state index is 0.0589. The number of para-hydroxylation sites is 1. The average molecular weight is 386 g/mol. The number of aromatic nitrogens is 1. The topological polar surface area (TPSA) is 63.6 Å². The summed E-state index contributed by atoms with van der Waals surface area (Å²) in [6.45, 7) is 2.36. The van der Waals surface area contributed by atoms with E-state index in [9.17, 15) is 5.11 Å². The van der Waals surface area contributed by atoms with E-state index < -0.39 is 0 Å². The second-order valence-electron chi connectivity index (χ2n) is 6.67. The summed E-state index contributed by atoms with van der Waals surface area (Å²) in [7, 11) is 0. The van der Waals surface area contributed by atoms with Crippen molar-refractivity contribution >= 4 is 16.6 Å². The fraction of sp³-hybridized carbons (Fsp3) is 0.125. The predicted octanol–water partition coefficient (Wildman–Crippen LogP) is 5.49. The van der Waals surface area contributed by atoms with Crippen LogP contribution >= 0.6 is 0 Å². The quantitative estimate of drug-likeness (QED) is 0.325. The zero-order valence-electron chi connectivity index (χ0n) is 16.1. The lowest BCUT2D eigenvalue weighted by Crippen LogP contribution is -2.05. The van der Waals surface area contributed by atoms with Crippen LogP contribution in [0.25, 0.3) is 10.9 Å². The maximum absolute atomic E-state index is 10.1. The van der Waals surface area contributed by atoms with E-state index in [2.05, 4.69) is 17.4 Å². The molecule has 0 radical (unpaired) electrons.